The second-order valence-corrected chi connectivity index (χ2v) is 9.92. The van der Waals surface area contributed by atoms with Crippen molar-refractivity contribution in [3.8, 4) is 5.69 Å². The Morgan fingerprint density at radius 1 is 0.973 bits per heavy atom. The summed E-state index contributed by atoms with van der Waals surface area (Å²) < 4.78 is 45.4. The van der Waals surface area contributed by atoms with Crippen LogP contribution in [-0.2, 0) is 14.8 Å². The normalized spacial score (nSPS) is 14.1. The zero-order chi connectivity index (χ0) is 26.6. The molecule has 192 valence electrons. The van der Waals surface area contributed by atoms with Gasteiger partial charge in [-0.15, -0.1) is 0 Å². The number of primary amides is 1. The Labute approximate surface area is 211 Å². The van der Waals surface area contributed by atoms with Gasteiger partial charge in [-0.2, -0.15) is 9.40 Å². The van der Waals surface area contributed by atoms with E-state index in [9.17, 15) is 22.4 Å². The van der Waals surface area contributed by atoms with Crippen molar-refractivity contribution in [1.82, 2.24) is 14.1 Å². The Balaban J connectivity index is 0.000000173. The SMILES string of the molecule is NC(=O)c1ccc(S(=O)(=O)N2CCOCC2)cc1.O=C(O)c1cccc2c1cnn2-c1ccc(F)cc1. The van der Waals surface area contributed by atoms with E-state index in [1.54, 1.807) is 28.9 Å². The average molecular weight is 527 g/mol. The number of carbonyl (C=O) groups is 2. The van der Waals surface area contributed by atoms with Gasteiger partial charge in [0, 0.05) is 24.0 Å². The molecule has 0 unspecified atom stereocenters. The summed E-state index contributed by atoms with van der Waals surface area (Å²) in [7, 11) is -3.50. The first kappa shape index (κ1) is 25.9. The monoisotopic (exact) mass is 526 g/mol. The maximum absolute atomic E-state index is 12.9. The van der Waals surface area contributed by atoms with E-state index in [0.717, 1.165) is 0 Å². The van der Waals surface area contributed by atoms with Crippen LogP contribution in [0.4, 0.5) is 4.39 Å². The van der Waals surface area contributed by atoms with Gasteiger partial charge in [0.2, 0.25) is 15.9 Å². The highest BCUT2D eigenvalue weighted by molar-refractivity contribution is 7.89. The minimum absolute atomic E-state index is 0.161. The van der Waals surface area contributed by atoms with Gasteiger partial charge in [0.05, 0.1) is 41.1 Å². The van der Waals surface area contributed by atoms with Crippen molar-refractivity contribution in [2.24, 2.45) is 5.73 Å². The number of carboxylic acids is 1. The molecule has 1 saturated heterocycles. The molecule has 4 aromatic rings. The van der Waals surface area contributed by atoms with E-state index in [0.29, 0.717) is 42.9 Å². The molecular formula is C25H23FN4O6S. The largest absolute Gasteiger partial charge is 0.478 e. The summed E-state index contributed by atoms with van der Waals surface area (Å²) in [6.07, 6.45) is 1.50. The number of hydrogen-bond acceptors (Lipinski definition) is 6. The Bertz CT molecular complexity index is 1530. The van der Waals surface area contributed by atoms with Crippen LogP contribution < -0.4 is 5.73 Å². The van der Waals surface area contributed by atoms with Crippen molar-refractivity contribution in [3.05, 3.63) is 89.9 Å². The molecule has 0 bridgehead atoms. The molecule has 0 spiro atoms. The van der Waals surface area contributed by atoms with Gasteiger partial charge in [0.1, 0.15) is 5.82 Å². The van der Waals surface area contributed by atoms with Crippen molar-refractivity contribution < 1.29 is 32.2 Å². The Kier molecular flexibility index (Phi) is 7.62. The number of benzene rings is 3. The number of morpholine rings is 1. The quantitative estimate of drug-likeness (QED) is 0.407. The van der Waals surface area contributed by atoms with Crippen LogP contribution in [0.25, 0.3) is 16.6 Å². The fraction of sp³-hybridized carbons (Fsp3) is 0.160. The lowest BCUT2D eigenvalue weighted by Gasteiger charge is -2.26. The number of aromatic nitrogens is 2. The molecule has 0 aliphatic carbocycles. The summed E-state index contributed by atoms with van der Waals surface area (Å²) in [5.74, 6) is -1.90. The third-order valence-electron chi connectivity index (χ3n) is 5.66. The number of ether oxygens (including phenoxy) is 1. The number of carbonyl (C=O) groups excluding carboxylic acids is 1. The van der Waals surface area contributed by atoms with E-state index in [2.05, 4.69) is 5.10 Å². The summed E-state index contributed by atoms with van der Waals surface area (Å²) in [6.45, 7) is 1.50. The molecular weight excluding hydrogens is 503 g/mol. The Hall–Kier alpha value is -4.13. The fourth-order valence-corrected chi connectivity index (χ4v) is 5.16. The molecule has 5 rings (SSSR count). The van der Waals surface area contributed by atoms with Gasteiger partial charge in [0.25, 0.3) is 0 Å². The topological polar surface area (TPSA) is 145 Å². The summed E-state index contributed by atoms with van der Waals surface area (Å²) in [5, 5.41) is 13.8. The van der Waals surface area contributed by atoms with Gasteiger partial charge in [-0.05, 0) is 60.7 Å². The summed E-state index contributed by atoms with van der Waals surface area (Å²) >= 11 is 0. The number of hydrogen-bond donors (Lipinski definition) is 2. The fourth-order valence-electron chi connectivity index (χ4n) is 3.75. The van der Waals surface area contributed by atoms with Crippen molar-refractivity contribution in [2.75, 3.05) is 26.3 Å². The number of carboxylic acid groups (broad SMARTS) is 1. The number of aromatic carboxylic acids is 1. The highest BCUT2D eigenvalue weighted by Crippen LogP contribution is 2.22. The summed E-state index contributed by atoms with van der Waals surface area (Å²) in [5.41, 5.74) is 6.94. The lowest BCUT2D eigenvalue weighted by molar-refractivity contribution is 0.0698. The number of nitrogens with zero attached hydrogens (tertiary/aromatic N) is 3. The predicted molar refractivity (Wildman–Crippen MR) is 133 cm³/mol. The molecule has 1 aliphatic rings. The number of nitrogens with two attached hydrogens (primary N) is 1. The minimum Gasteiger partial charge on any atom is -0.478 e. The molecule has 2 heterocycles. The maximum Gasteiger partial charge on any atom is 0.336 e. The second-order valence-electron chi connectivity index (χ2n) is 7.98. The molecule has 0 radical (unpaired) electrons. The first-order valence-electron chi connectivity index (χ1n) is 11.1. The smallest absolute Gasteiger partial charge is 0.336 e. The van der Waals surface area contributed by atoms with Crippen LogP contribution in [0, 0.1) is 5.82 Å². The highest BCUT2D eigenvalue weighted by Gasteiger charge is 2.26. The molecule has 3 N–H and O–H groups in total. The predicted octanol–water partition coefficient (Wildman–Crippen LogP) is 2.67. The number of rotatable bonds is 5. The second kappa shape index (κ2) is 10.9. The maximum atomic E-state index is 12.9. The van der Waals surface area contributed by atoms with E-state index >= 15 is 0 Å². The molecule has 1 fully saturated rings. The minimum atomic E-state index is -3.50. The third kappa shape index (κ3) is 5.66. The van der Waals surface area contributed by atoms with Crippen molar-refractivity contribution in [1.29, 1.82) is 0 Å². The zero-order valence-corrected chi connectivity index (χ0v) is 20.3. The molecule has 1 aromatic heterocycles. The van der Waals surface area contributed by atoms with Gasteiger partial charge >= 0.3 is 5.97 Å². The van der Waals surface area contributed by atoms with Crippen LogP contribution in [0.1, 0.15) is 20.7 Å². The first-order chi connectivity index (χ1) is 17.7. The molecule has 10 nitrogen and oxygen atoms in total. The van der Waals surface area contributed by atoms with Crippen LogP contribution in [0.2, 0.25) is 0 Å². The molecule has 3 aromatic carbocycles. The number of fused-ring (bicyclic) bond motifs is 1. The first-order valence-corrected chi connectivity index (χ1v) is 12.6. The van der Waals surface area contributed by atoms with Gasteiger partial charge in [-0.25, -0.2) is 22.3 Å². The number of amides is 1. The van der Waals surface area contributed by atoms with Gasteiger partial charge < -0.3 is 15.6 Å². The van der Waals surface area contributed by atoms with Gasteiger partial charge in [-0.3, -0.25) is 4.79 Å². The lowest BCUT2D eigenvalue weighted by atomic mass is 10.1. The third-order valence-corrected chi connectivity index (χ3v) is 7.57. The van der Waals surface area contributed by atoms with E-state index in [-0.39, 0.29) is 21.8 Å². The lowest BCUT2D eigenvalue weighted by Crippen LogP contribution is -2.40. The van der Waals surface area contributed by atoms with Crippen LogP contribution in [0.3, 0.4) is 0 Å². The Morgan fingerprint density at radius 2 is 1.62 bits per heavy atom. The standard InChI is InChI=1S/C14H9FN2O2.C11H14N2O4S/c15-9-4-6-10(7-5-9)17-13-3-1-2-11(14(18)19)12(13)8-16-17;12-11(14)9-1-3-10(4-2-9)18(15,16)13-5-7-17-8-6-13/h1-8H,(H,18,19);1-4H,5-8H2,(H2,12,14). The molecule has 0 atom stereocenters. The zero-order valence-electron chi connectivity index (χ0n) is 19.5. The summed E-state index contributed by atoms with van der Waals surface area (Å²) in [4.78, 5) is 22.2. The van der Waals surface area contributed by atoms with Crippen LogP contribution >= 0.6 is 0 Å². The Morgan fingerprint density at radius 3 is 2.22 bits per heavy atom. The van der Waals surface area contributed by atoms with E-state index in [4.69, 9.17) is 15.6 Å². The highest BCUT2D eigenvalue weighted by atomic mass is 32.2. The van der Waals surface area contributed by atoms with Gasteiger partial charge in [-0.1, -0.05) is 6.07 Å². The number of halogens is 1. The van der Waals surface area contributed by atoms with Crippen LogP contribution in [0.15, 0.2) is 77.8 Å². The van der Waals surface area contributed by atoms with Crippen LogP contribution in [-0.4, -0.2) is 65.8 Å². The molecule has 12 heteroatoms. The molecule has 37 heavy (non-hydrogen) atoms. The molecule has 0 saturated carbocycles. The van der Waals surface area contributed by atoms with Gasteiger partial charge in [0.15, 0.2) is 0 Å². The van der Waals surface area contributed by atoms with Crippen molar-refractivity contribution >= 4 is 32.8 Å². The van der Waals surface area contributed by atoms with Crippen LogP contribution in [0.5, 0.6) is 0 Å². The van der Waals surface area contributed by atoms with E-state index in [1.807, 2.05) is 0 Å². The molecule has 1 amide bonds. The average Bonchev–Trinajstić information content (AvgIpc) is 3.34. The summed E-state index contributed by atoms with van der Waals surface area (Å²) in [6, 6.07) is 16.4. The van der Waals surface area contributed by atoms with E-state index in [1.165, 1.54) is 53.0 Å². The van der Waals surface area contributed by atoms with Crippen molar-refractivity contribution in [3.63, 3.8) is 0 Å². The molecule has 1 aliphatic heterocycles. The van der Waals surface area contributed by atoms with E-state index < -0.39 is 21.9 Å². The number of sulfonamides is 1. The van der Waals surface area contributed by atoms with Crippen molar-refractivity contribution in [2.45, 2.75) is 4.90 Å².